The topological polar surface area (TPSA) is 35.0 Å². The van der Waals surface area contributed by atoms with E-state index in [2.05, 4.69) is 25.9 Å². The molecule has 1 heterocycles. The molecule has 0 spiro atoms. The summed E-state index contributed by atoms with van der Waals surface area (Å²) in [4.78, 5) is 8.49. The van der Waals surface area contributed by atoms with Gasteiger partial charge in [0.1, 0.15) is 16.2 Å². The number of ether oxygens (including phenoxy) is 1. The van der Waals surface area contributed by atoms with Crippen molar-refractivity contribution >= 4 is 15.9 Å². The van der Waals surface area contributed by atoms with Crippen molar-refractivity contribution in [2.75, 3.05) is 0 Å². The van der Waals surface area contributed by atoms with Crippen LogP contribution in [0.1, 0.15) is 26.6 Å². The highest BCUT2D eigenvalue weighted by Gasteiger charge is 2.19. The average molecular weight is 343 g/mol. The molecule has 0 saturated heterocycles. The van der Waals surface area contributed by atoms with E-state index in [0.29, 0.717) is 10.4 Å². The molecule has 2 aromatic rings. The number of hydrogen-bond acceptors (Lipinski definition) is 3. The van der Waals surface area contributed by atoms with Gasteiger partial charge in [0, 0.05) is 17.5 Å². The molecule has 20 heavy (non-hydrogen) atoms. The molecular formula is C14H13BrF2N2O. The molecule has 3 nitrogen and oxygen atoms in total. The van der Waals surface area contributed by atoms with Gasteiger partial charge in [0.15, 0.2) is 11.6 Å². The van der Waals surface area contributed by atoms with Crippen LogP contribution >= 0.6 is 15.9 Å². The van der Waals surface area contributed by atoms with Crippen LogP contribution in [0.15, 0.2) is 28.9 Å². The van der Waals surface area contributed by atoms with Crippen LogP contribution in [-0.4, -0.2) is 9.97 Å². The SMILES string of the molecule is CC(C)(C)c1nc(Br)cc(Oc2ccc(F)cc2F)n1. The lowest BCUT2D eigenvalue weighted by atomic mass is 9.96. The molecule has 6 heteroatoms. The molecule has 0 fully saturated rings. The number of rotatable bonds is 2. The molecule has 1 aromatic carbocycles. The predicted octanol–water partition coefficient (Wildman–Crippen LogP) is 4.61. The summed E-state index contributed by atoms with van der Waals surface area (Å²) in [5.74, 6) is -0.769. The van der Waals surface area contributed by atoms with Gasteiger partial charge in [-0.3, -0.25) is 0 Å². The summed E-state index contributed by atoms with van der Waals surface area (Å²) >= 11 is 3.26. The molecule has 0 saturated carbocycles. The van der Waals surface area contributed by atoms with E-state index < -0.39 is 11.6 Å². The molecule has 0 radical (unpaired) electrons. The largest absolute Gasteiger partial charge is 0.436 e. The third-order valence-corrected chi connectivity index (χ3v) is 2.86. The Morgan fingerprint density at radius 3 is 2.40 bits per heavy atom. The first kappa shape index (κ1) is 14.8. The highest BCUT2D eigenvalue weighted by molar-refractivity contribution is 9.10. The molecule has 0 unspecified atom stereocenters. The van der Waals surface area contributed by atoms with Crippen LogP contribution in [0.2, 0.25) is 0 Å². The second kappa shape index (κ2) is 5.44. The molecule has 1 aromatic heterocycles. The Morgan fingerprint density at radius 2 is 1.80 bits per heavy atom. The zero-order chi connectivity index (χ0) is 14.9. The normalized spacial score (nSPS) is 11.5. The van der Waals surface area contributed by atoms with E-state index >= 15 is 0 Å². The molecule has 0 aliphatic carbocycles. The Morgan fingerprint density at radius 1 is 1.10 bits per heavy atom. The van der Waals surface area contributed by atoms with Gasteiger partial charge in [-0.15, -0.1) is 0 Å². The van der Waals surface area contributed by atoms with Gasteiger partial charge in [-0.05, 0) is 28.1 Å². The maximum Gasteiger partial charge on any atom is 0.223 e. The third kappa shape index (κ3) is 3.50. The van der Waals surface area contributed by atoms with Gasteiger partial charge in [-0.25, -0.2) is 13.8 Å². The van der Waals surface area contributed by atoms with Gasteiger partial charge in [0.05, 0.1) is 0 Å². The van der Waals surface area contributed by atoms with Crippen LogP contribution in [-0.2, 0) is 5.41 Å². The number of halogens is 3. The van der Waals surface area contributed by atoms with Crippen molar-refractivity contribution in [3.05, 3.63) is 46.3 Å². The van der Waals surface area contributed by atoms with Crippen molar-refractivity contribution in [3.8, 4) is 11.6 Å². The Hall–Kier alpha value is -1.56. The van der Waals surface area contributed by atoms with E-state index in [-0.39, 0.29) is 17.0 Å². The fourth-order valence-corrected chi connectivity index (χ4v) is 1.82. The molecule has 2 rings (SSSR count). The Bertz CT molecular complexity index is 642. The summed E-state index contributed by atoms with van der Waals surface area (Å²) in [5, 5.41) is 0. The van der Waals surface area contributed by atoms with Gasteiger partial charge in [-0.1, -0.05) is 20.8 Å². The minimum absolute atomic E-state index is 0.0862. The van der Waals surface area contributed by atoms with Gasteiger partial charge in [-0.2, -0.15) is 4.98 Å². The summed E-state index contributed by atoms with van der Waals surface area (Å²) in [5.41, 5.74) is -0.275. The summed E-state index contributed by atoms with van der Waals surface area (Å²) in [6.07, 6.45) is 0. The van der Waals surface area contributed by atoms with E-state index in [9.17, 15) is 8.78 Å². The second-order valence-corrected chi connectivity index (χ2v) is 6.09. The lowest BCUT2D eigenvalue weighted by Crippen LogP contribution is -2.16. The van der Waals surface area contributed by atoms with Crippen molar-refractivity contribution in [1.29, 1.82) is 0 Å². The van der Waals surface area contributed by atoms with E-state index in [1.165, 1.54) is 12.1 Å². The van der Waals surface area contributed by atoms with Gasteiger partial charge in [0.2, 0.25) is 5.88 Å². The standard InChI is InChI=1S/C14H13BrF2N2O/c1-14(2,3)13-18-11(15)7-12(19-13)20-10-5-4-8(16)6-9(10)17/h4-7H,1-3H3. The third-order valence-electron chi connectivity index (χ3n) is 2.45. The first-order valence-electron chi connectivity index (χ1n) is 5.94. The molecule has 0 bridgehead atoms. The van der Waals surface area contributed by atoms with Crippen LogP contribution in [0.5, 0.6) is 11.6 Å². The van der Waals surface area contributed by atoms with Crippen molar-refractivity contribution < 1.29 is 13.5 Å². The maximum absolute atomic E-state index is 13.6. The minimum Gasteiger partial charge on any atom is -0.436 e. The summed E-state index contributed by atoms with van der Waals surface area (Å²) < 4.78 is 32.3. The van der Waals surface area contributed by atoms with Gasteiger partial charge in [0.25, 0.3) is 0 Å². The highest BCUT2D eigenvalue weighted by atomic mass is 79.9. The quantitative estimate of drug-likeness (QED) is 0.747. The van der Waals surface area contributed by atoms with Gasteiger partial charge >= 0.3 is 0 Å². The fraction of sp³-hybridized carbons (Fsp3) is 0.286. The molecule has 106 valence electrons. The monoisotopic (exact) mass is 342 g/mol. The van der Waals surface area contributed by atoms with Crippen LogP contribution in [0, 0.1) is 11.6 Å². The van der Waals surface area contributed by atoms with Crippen LogP contribution < -0.4 is 4.74 Å². The Balaban J connectivity index is 2.36. The zero-order valence-corrected chi connectivity index (χ0v) is 12.8. The van der Waals surface area contributed by atoms with E-state index in [4.69, 9.17) is 4.74 Å². The lowest BCUT2D eigenvalue weighted by Gasteiger charge is -2.17. The number of hydrogen-bond donors (Lipinski definition) is 0. The van der Waals surface area contributed by atoms with Crippen LogP contribution in [0.3, 0.4) is 0 Å². The predicted molar refractivity (Wildman–Crippen MR) is 74.9 cm³/mol. The van der Waals surface area contributed by atoms with Crippen molar-refractivity contribution in [1.82, 2.24) is 9.97 Å². The fourth-order valence-electron chi connectivity index (χ4n) is 1.46. The summed E-state index contributed by atoms with van der Waals surface area (Å²) in [6, 6.07) is 4.63. The minimum atomic E-state index is -0.781. The second-order valence-electron chi connectivity index (χ2n) is 5.28. The van der Waals surface area contributed by atoms with E-state index in [0.717, 1.165) is 12.1 Å². The van der Waals surface area contributed by atoms with Crippen LogP contribution in [0.25, 0.3) is 0 Å². The number of aromatic nitrogens is 2. The zero-order valence-electron chi connectivity index (χ0n) is 11.2. The highest BCUT2D eigenvalue weighted by Crippen LogP contribution is 2.28. The first-order valence-corrected chi connectivity index (χ1v) is 6.73. The molecule has 0 atom stereocenters. The average Bonchev–Trinajstić information content (AvgIpc) is 2.31. The molecule has 0 amide bonds. The Kier molecular flexibility index (Phi) is 4.04. The van der Waals surface area contributed by atoms with E-state index in [1.807, 2.05) is 20.8 Å². The van der Waals surface area contributed by atoms with Gasteiger partial charge < -0.3 is 4.74 Å². The molecule has 0 aliphatic rings. The summed E-state index contributed by atoms with van der Waals surface area (Å²) in [7, 11) is 0. The smallest absolute Gasteiger partial charge is 0.223 e. The first-order chi connectivity index (χ1) is 9.25. The molecule has 0 N–H and O–H groups in total. The Labute approximate surface area is 124 Å². The van der Waals surface area contributed by atoms with Crippen molar-refractivity contribution in [2.24, 2.45) is 0 Å². The maximum atomic E-state index is 13.6. The van der Waals surface area contributed by atoms with E-state index in [1.54, 1.807) is 0 Å². The van der Waals surface area contributed by atoms with Crippen molar-refractivity contribution in [3.63, 3.8) is 0 Å². The number of nitrogens with zero attached hydrogens (tertiary/aromatic N) is 2. The molecule has 0 aliphatic heterocycles. The van der Waals surface area contributed by atoms with Crippen LogP contribution in [0.4, 0.5) is 8.78 Å². The lowest BCUT2D eigenvalue weighted by molar-refractivity contribution is 0.413. The molecular weight excluding hydrogens is 330 g/mol. The van der Waals surface area contributed by atoms with Crippen molar-refractivity contribution in [2.45, 2.75) is 26.2 Å². The number of benzene rings is 1. The summed E-state index contributed by atoms with van der Waals surface area (Å²) in [6.45, 7) is 5.87.